The number of likely N-dealkylation sites (N-methyl/N-ethyl adjacent to an activating group) is 2. The first-order chi connectivity index (χ1) is 34.3. The van der Waals surface area contributed by atoms with Gasteiger partial charge in [0.15, 0.2) is 11.6 Å². The van der Waals surface area contributed by atoms with E-state index in [9.17, 15) is 28.6 Å². The van der Waals surface area contributed by atoms with Crippen LogP contribution >= 0.6 is 23.2 Å². The molecule has 0 bridgehead atoms. The third-order valence-corrected chi connectivity index (χ3v) is 14.3. The van der Waals surface area contributed by atoms with Crippen LogP contribution in [0.1, 0.15) is 60.1 Å². The number of anilines is 8. The lowest BCUT2D eigenvalue weighted by Gasteiger charge is -2.26. The lowest BCUT2D eigenvalue weighted by molar-refractivity contribution is -0.139. The highest BCUT2D eigenvalue weighted by Gasteiger charge is 2.44. The number of hydrogen-bond donors (Lipinski definition) is 4. The van der Waals surface area contributed by atoms with Crippen LogP contribution in [0.25, 0.3) is 0 Å². The van der Waals surface area contributed by atoms with Crippen molar-refractivity contribution in [2.24, 2.45) is 0 Å². The monoisotopic (exact) mass is 1020 g/mol. The number of benzene rings is 4. The Bertz CT molecular complexity index is 2910. The predicted molar refractivity (Wildman–Crippen MR) is 273 cm³/mol. The average molecular weight is 1020 g/mol. The van der Waals surface area contributed by atoms with Gasteiger partial charge in [-0.1, -0.05) is 49.2 Å². The summed E-state index contributed by atoms with van der Waals surface area (Å²) in [6.45, 7) is 7.91. The minimum atomic E-state index is -0.934. The van der Waals surface area contributed by atoms with Crippen molar-refractivity contribution in [2.45, 2.75) is 63.5 Å². The zero-order valence-electron chi connectivity index (χ0n) is 40.6. The van der Waals surface area contributed by atoms with Gasteiger partial charge in [-0.25, -0.2) is 18.7 Å². The number of carboxylic acids is 2. The number of carboxylic acid groups (broad SMARTS) is 2. The summed E-state index contributed by atoms with van der Waals surface area (Å²) in [5, 5.41) is 26.1. The number of hydrogen-bond acceptors (Lipinski definition) is 14. The predicted octanol–water partition coefficient (Wildman–Crippen LogP) is 9.79. The molecule has 0 unspecified atom stereocenters. The summed E-state index contributed by atoms with van der Waals surface area (Å²) in [5.41, 5.74) is 7.42. The molecular formula is C52H54Cl2F2N10O6. The van der Waals surface area contributed by atoms with Gasteiger partial charge in [0.1, 0.15) is 33.2 Å². The number of fused-ring (bicyclic) bond motifs is 4. The van der Waals surface area contributed by atoms with Crippen LogP contribution in [0.15, 0.2) is 73.1 Å². The van der Waals surface area contributed by atoms with E-state index < -0.39 is 34.4 Å². The Morgan fingerprint density at radius 1 is 0.653 bits per heavy atom. The van der Waals surface area contributed by atoms with Crippen LogP contribution in [-0.4, -0.2) is 106 Å². The van der Waals surface area contributed by atoms with Crippen LogP contribution in [0.3, 0.4) is 0 Å². The Balaban J connectivity index is 0.000000178. The first-order valence-corrected chi connectivity index (χ1v) is 24.0. The number of ether oxygens (including phenoxy) is 2. The van der Waals surface area contributed by atoms with Crippen molar-refractivity contribution in [3.63, 3.8) is 0 Å². The smallest absolute Gasteiger partial charge is 0.304 e. The maximum absolute atomic E-state index is 14.2. The standard InChI is InChI=1S/2C26H27ClFN5O3/c2*1-26(11-23(34)35)14-33(21-10-17(28)4-5-18(21)26)24-19(27)12-29-25(31-24)30-20-8-16-13-32(2)7-6-15(16)9-22(20)36-3/h2*4-5,8-10,12H,6-7,11,13-14H2,1-3H3,(H,34,35)(H,29,30,31)/t2*26-/m10/s1. The summed E-state index contributed by atoms with van der Waals surface area (Å²) >= 11 is 13.0. The molecule has 6 heterocycles. The van der Waals surface area contributed by atoms with Crippen LogP contribution < -0.4 is 29.9 Å². The molecule has 0 radical (unpaired) electrons. The maximum Gasteiger partial charge on any atom is 0.304 e. The fraction of sp³-hybridized carbons (Fsp3) is 0.346. The van der Waals surface area contributed by atoms with Crippen LogP contribution in [0.5, 0.6) is 11.5 Å². The lowest BCUT2D eigenvalue weighted by Crippen LogP contribution is -2.31. The molecule has 0 saturated carbocycles. The van der Waals surface area contributed by atoms with Crippen molar-refractivity contribution < 1.29 is 38.1 Å². The first kappa shape index (κ1) is 50.1. The Morgan fingerprint density at radius 2 is 1.06 bits per heavy atom. The van der Waals surface area contributed by atoms with Crippen LogP contribution in [-0.2, 0) is 46.4 Å². The van der Waals surface area contributed by atoms with E-state index >= 15 is 0 Å². The van der Waals surface area contributed by atoms with Crippen molar-refractivity contribution in [3.05, 3.63) is 128 Å². The van der Waals surface area contributed by atoms with Crippen molar-refractivity contribution in [1.82, 2.24) is 29.7 Å². The van der Waals surface area contributed by atoms with E-state index in [-0.39, 0.29) is 36.0 Å². The second-order valence-electron chi connectivity index (χ2n) is 19.4. The fourth-order valence-corrected chi connectivity index (χ4v) is 10.7. The average Bonchev–Trinajstić information content (AvgIpc) is 3.77. The van der Waals surface area contributed by atoms with Crippen molar-refractivity contribution >= 4 is 81.4 Å². The SMILES string of the molecule is COc1cc2c(cc1Nc1ncc(Cl)c(N3C[C@@](C)(CC(=O)O)c4ccc(F)cc43)n1)CN(C)CC2.COc1cc2c(cc1Nc1ncc(Cl)c(N3C[C@](C)(CC(=O)O)c4ccc(F)cc43)n1)CN(C)CC2. The van der Waals surface area contributed by atoms with Crippen LogP contribution in [0.2, 0.25) is 10.0 Å². The number of aliphatic carboxylic acids is 2. The molecule has 10 rings (SSSR count). The van der Waals surface area contributed by atoms with E-state index in [0.717, 1.165) is 61.5 Å². The largest absolute Gasteiger partial charge is 0.495 e. The molecule has 0 spiro atoms. The lowest BCUT2D eigenvalue weighted by atomic mass is 9.81. The molecule has 0 amide bonds. The number of carbonyl (C=O) groups is 2. The second kappa shape index (κ2) is 20.0. The minimum absolute atomic E-state index is 0.114. The Labute approximate surface area is 425 Å². The summed E-state index contributed by atoms with van der Waals surface area (Å²) < 4.78 is 39.7. The zero-order chi connectivity index (χ0) is 51.2. The Morgan fingerprint density at radius 3 is 1.43 bits per heavy atom. The van der Waals surface area contributed by atoms with Gasteiger partial charge in [0, 0.05) is 61.5 Å². The molecule has 72 heavy (non-hydrogen) atoms. The Kier molecular flexibility index (Phi) is 13.9. The van der Waals surface area contributed by atoms with Gasteiger partial charge in [0.05, 0.1) is 50.8 Å². The van der Waals surface area contributed by atoms with Crippen molar-refractivity contribution in [3.8, 4) is 11.5 Å². The van der Waals surface area contributed by atoms with Gasteiger partial charge in [-0.2, -0.15) is 9.97 Å². The quantitative estimate of drug-likeness (QED) is 0.0908. The molecule has 2 aromatic heterocycles. The summed E-state index contributed by atoms with van der Waals surface area (Å²) in [5.74, 6) is -0.0353. The highest BCUT2D eigenvalue weighted by molar-refractivity contribution is 6.33. The second-order valence-corrected chi connectivity index (χ2v) is 20.2. The summed E-state index contributed by atoms with van der Waals surface area (Å²) in [6, 6.07) is 16.9. The summed E-state index contributed by atoms with van der Waals surface area (Å²) in [7, 11) is 7.41. The van der Waals surface area contributed by atoms with Crippen molar-refractivity contribution in [2.75, 3.05) is 74.9 Å². The van der Waals surface area contributed by atoms with E-state index in [4.69, 9.17) is 32.7 Å². The normalized spacial score (nSPS) is 19.1. The maximum atomic E-state index is 14.2. The highest BCUT2D eigenvalue weighted by Crippen LogP contribution is 2.49. The van der Waals surface area contributed by atoms with Crippen LogP contribution in [0.4, 0.5) is 55.1 Å². The molecule has 2 atom stereocenters. The first-order valence-electron chi connectivity index (χ1n) is 23.3. The molecule has 4 aliphatic heterocycles. The molecule has 0 fully saturated rings. The topological polar surface area (TPSA) is 182 Å². The zero-order valence-corrected chi connectivity index (χ0v) is 42.1. The van der Waals surface area contributed by atoms with E-state index in [1.54, 1.807) is 36.2 Å². The number of nitrogens with one attached hydrogen (secondary N) is 2. The van der Waals surface area contributed by atoms with Gasteiger partial charge in [0.2, 0.25) is 11.9 Å². The molecule has 4 aliphatic rings. The van der Waals surface area contributed by atoms with Gasteiger partial charge in [-0.05, 0) is 109 Å². The van der Waals surface area contributed by atoms with Gasteiger partial charge >= 0.3 is 11.9 Å². The van der Waals surface area contributed by atoms with E-state index in [1.165, 1.54) is 58.9 Å². The minimum Gasteiger partial charge on any atom is -0.495 e. The number of methoxy groups -OCH3 is 2. The number of nitrogens with zero attached hydrogens (tertiary/aromatic N) is 8. The summed E-state index contributed by atoms with van der Waals surface area (Å²) in [6.07, 6.45) is 4.63. The van der Waals surface area contributed by atoms with Gasteiger partial charge in [-0.3, -0.25) is 9.59 Å². The molecule has 4 N–H and O–H groups in total. The molecular weight excluding hydrogens is 970 g/mol. The van der Waals surface area contributed by atoms with E-state index in [0.29, 0.717) is 46.4 Å². The van der Waals surface area contributed by atoms with Crippen molar-refractivity contribution in [1.29, 1.82) is 0 Å². The molecule has 6 aromatic rings. The third-order valence-electron chi connectivity index (χ3n) is 13.8. The molecule has 0 saturated heterocycles. The highest BCUT2D eigenvalue weighted by atomic mass is 35.5. The Hall–Kier alpha value is -6.86. The molecule has 20 heteroatoms. The van der Waals surface area contributed by atoms with Gasteiger partial charge < -0.3 is 49.9 Å². The number of halogens is 4. The molecule has 4 aromatic carbocycles. The summed E-state index contributed by atoms with van der Waals surface area (Å²) in [4.78, 5) is 49.3. The fourth-order valence-electron chi connectivity index (χ4n) is 10.3. The number of aromatic nitrogens is 4. The van der Waals surface area contributed by atoms with E-state index in [1.807, 2.05) is 38.1 Å². The van der Waals surface area contributed by atoms with Gasteiger partial charge in [0.25, 0.3) is 0 Å². The molecule has 16 nitrogen and oxygen atoms in total. The van der Waals surface area contributed by atoms with Gasteiger partial charge in [-0.15, -0.1) is 0 Å². The number of rotatable bonds is 12. The van der Waals surface area contributed by atoms with E-state index in [2.05, 4.69) is 54.5 Å². The van der Waals surface area contributed by atoms with Crippen LogP contribution in [0, 0.1) is 11.6 Å². The third kappa shape index (κ3) is 10.1. The molecule has 0 aliphatic carbocycles. The molecule has 376 valence electrons.